The van der Waals surface area contributed by atoms with Crippen molar-refractivity contribution in [3.05, 3.63) is 29.3 Å². The van der Waals surface area contributed by atoms with Crippen LogP contribution in [0.1, 0.15) is 44.2 Å². The second-order valence-electron chi connectivity index (χ2n) is 7.01. The number of benzene rings is 1. The number of hydrogen-bond donors (Lipinski definition) is 1. The summed E-state index contributed by atoms with van der Waals surface area (Å²) in [6, 6.07) is 7.80. The molecule has 1 unspecified atom stereocenters. The van der Waals surface area contributed by atoms with Gasteiger partial charge in [-0.05, 0) is 55.2 Å². The van der Waals surface area contributed by atoms with Gasteiger partial charge in [0, 0.05) is 31.4 Å². The first-order valence-corrected chi connectivity index (χ1v) is 8.21. The fourth-order valence-corrected chi connectivity index (χ4v) is 3.28. The summed E-state index contributed by atoms with van der Waals surface area (Å²) >= 11 is 0. The lowest BCUT2D eigenvalue weighted by Gasteiger charge is -2.22. The highest BCUT2D eigenvalue weighted by Crippen LogP contribution is 2.30. The molecule has 1 aliphatic carbocycles. The molecular weight excluding hydrogens is 244 g/mol. The zero-order valence-electron chi connectivity index (χ0n) is 13.2. The third-order valence-electron chi connectivity index (χ3n) is 4.94. The van der Waals surface area contributed by atoms with Crippen LogP contribution in [-0.2, 0) is 6.54 Å². The average Bonchev–Trinajstić information content (AvgIpc) is 3.11. The van der Waals surface area contributed by atoms with Gasteiger partial charge >= 0.3 is 0 Å². The van der Waals surface area contributed by atoms with Crippen LogP contribution in [0.5, 0.6) is 0 Å². The molecule has 2 aliphatic rings. The number of hydrogen-bond acceptors (Lipinski definition) is 2. The smallest absolute Gasteiger partial charge is 0.0396 e. The summed E-state index contributed by atoms with van der Waals surface area (Å²) in [5.74, 6) is 1.67. The SMILES string of the molecule is Cc1cc(CNC2CC2)ccc1N1CCC(C(C)C)C1. The van der Waals surface area contributed by atoms with Crippen LogP contribution in [0.3, 0.4) is 0 Å². The molecule has 1 atom stereocenters. The van der Waals surface area contributed by atoms with Crippen LogP contribution in [0.25, 0.3) is 0 Å². The van der Waals surface area contributed by atoms with E-state index in [2.05, 4.69) is 49.2 Å². The van der Waals surface area contributed by atoms with Gasteiger partial charge in [-0.1, -0.05) is 26.0 Å². The van der Waals surface area contributed by atoms with E-state index in [1.807, 2.05) is 0 Å². The molecule has 20 heavy (non-hydrogen) atoms. The van der Waals surface area contributed by atoms with Crippen molar-refractivity contribution in [3.8, 4) is 0 Å². The van der Waals surface area contributed by atoms with E-state index in [4.69, 9.17) is 0 Å². The van der Waals surface area contributed by atoms with Crippen LogP contribution >= 0.6 is 0 Å². The molecule has 1 N–H and O–H groups in total. The van der Waals surface area contributed by atoms with E-state index in [0.717, 1.165) is 24.4 Å². The van der Waals surface area contributed by atoms with Gasteiger partial charge < -0.3 is 10.2 Å². The predicted octanol–water partition coefficient (Wildman–Crippen LogP) is 3.73. The molecule has 1 aromatic rings. The summed E-state index contributed by atoms with van der Waals surface area (Å²) in [6.45, 7) is 10.5. The minimum atomic E-state index is 0.792. The Labute approximate surface area is 123 Å². The van der Waals surface area contributed by atoms with Crippen LogP contribution in [0.2, 0.25) is 0 Å². The molecule has 110 valence electrons. The summed E-state index contributed by atoms with van der Waals surface area (Å²) in [7, 11) is 0. The Kier molecular flexibility index (Phi) is 4.02. The van der Waals surface area contributed by atoms with Gasteiger partial charge in [-0.15, -0.1) is 0 Å². The predicted molar refractivity (Wildman–Crippen MR) is 86.2 cm³/mol. The quantitative estimate of drug-likeness (QED) is 0.878. The van der Waals surface area contributed by atoms with Crippen molar-refractivity contribution in [1.82, 2.24) is 5.32 Å². The van der Waals surface area contributed by atoms with E-state index >= 15 is 0 Å². The van der Waals surface area contributed by atoms with Gasteiger partial charge in [-0.3, -0.25) is 0 Å². The van der Waals surface area contributed by atoms with Gasteiger partial charge in [-0.25, -0.2) is 0 Å². The normalized spacial score (nSPS) is 22.8. The molecule has 0 radical (unpaired) electrons. The zero-order chi connectivity index (χ0) is 14.1. The number of nitrogens with zero attached hydrogens (tertiary/aromatic N) is 1. The molecule has 0 aromatic heterocycles. The molecule has 0 amide bonds. The summed E-state index contributed by atoms with van der Waals surface area (Å²) in [4.78, 5) is 2.58. The van der Waals surface area contributed by atoms with Crippen LogP contribution in [0.15, 0.2) is 18.2 Å². The molecule has 2 fully saturated rings. The maximum absolute atomic E-state index is 3.60. The second kappa shape index (κ2) is 5.77. The Morgan fingerprint density at radius 2 is 2.05 bits per heavy atom. The first-order valence-electron chi connectivity index (χ1n) is 8.21. The highest BCUT2D eigenvalue weighted by atomic mass is 15.2. The van der Waals surface area contributed by atoms with E-state index in [-0.39, 0.29) is 0 Å². The lowest BCUT2D eigenvalue weighted by Crippen LogP contribution is -2.22. The van der Waals surface area contributed by atoms with Crippen molar-refractivity contribution in [2.45, 2.75) is 52.6 Å². The fraction of sp³-hybridized carbons (Fsp3) is 0.667. The molecule has 2 nitrogen and oxygen atoms in total. The Morgan fingerprint density at radius 1 is 1.25 bits per heavy atom. The number of nitrogens with one attached hydrogen (secondary N) is 1. The van der Waals surface area contributed by atoms with E-state index < -0.39 is 0 Å². The molecule has 0 bridgehead atoms. The van der Waals surface area contributed by atoms with E-state index in [1.165, 1.54) is 49.2 Å². The summed E-state index contributed by atoms with van der Waals surface area (Å²) in [5.41, 5.74) is 4.31. The number of anilines is 1. The van der Waals surface area contributed by atoms with Gasteiger partial charge in [-0.2, -0.15) is 0 Å². The van der Waals surface area contributed by atoms with Gasteiger partial charge in [0.1, 0.15) is 0 Å². The van der Waals surface area contributed by atoms with Gasteiger partial charge in [0.2, 0.25) is 0 Å². The second-order valence-corrected chi connectivity index (χ2v) is 7.01. The third kappa shape index (κ3) is 3.17. The van der Waals surface area contributed by atoms with Crippen LogP contribution in [-0.4, -0.2) is 19.1 Å². The highest BCUT2D eigenvalue weighted by Gasteiger charge is 2.25. The van der Waals surface area contributed by atoms with E-state index in [0.29, 0.717) is 0 Å². The van der Waals surface area contributed by atoms with E-state index in [1.54, 1.807) is 0 Å². The lowest BCUT2D eigenvalue weighted by atomic mass is 9.95. The molecule has 1 saturated heterocycles. The maximum Gasteiger partial charge on any atom is 0.0396 e. The monoisotopic (exact) mass is 272 g/mol. The fourth-order valence-electron chi connectivity index (χ4n) is 3.28. The third-order valence-corrected chi connectivity index (χ3v) is 4.94. The van der Waals surface area contributed by atoms with Crippen molar-refractivity contribution in [3.63, 3.8) is 0 Å². The average molecular weight is 272 g/mol. The molecule has 1 aliphatic heterocycles. The van der Waals surface area contributed by atoms with Crippen molar-refractivity contribution in [1.29, 1.82) is 0 Å². The Morgan fingerprint density at radius 3 is 2.65 bits per heavy atom. The van der Waals surface area contributed by atoms with Crippen LogP contribution < -0.4 is 10.2 Å². The molecule has 1 heterocycles. The van der Waals surface area contributed by atoms with Crippen LogP contribution in [0, 0.1) is 18.8 Å². The van der Waals surface area contributed by atoms with E-state index in [9.17, 15) is 0 Å². The van der Waals surface area contributed by atoms with Crippen molar-refractivity contribution < 1.29 is 0 Å². The first-order chi connectivity index (χ1) is 9.63. The molecule has 3 rings (SSSR count). The maximum atomic E-state index is 3.60. The molecule has 1 saturated carbocycles. The van der Waals surface area contributed by atoms with Crippen molar-refractivity contribution in [2.75, 3.05) is 18.0 Å². The molecular formula is C18H28N2. The first kappa shape index (κ1) is 13.9. The lowest BCUT2D eigenvalue weighted by molar-refractivity contribution is 0.422. The van der Waals surface area contributed by atoms with Gasteiger partial charge in [0.15, 0.2) is 0 Å². The zero-order valence-corrected chi connectivity index (χ0v) is 13.2. The molecule has 0 spiro atoms. The molecule has 2 heteroatoms. The topological polar surface area (TPSA) is 15.3 Å². The summed E-state index contributed by atoms with van der Waals surface area (Å²) in [6.07, 6.45) is 4.07. The van der Waals surface area contributed by atoms with Crippen molar-refractivity contribution >= 4 is 5.69 Å². The number of rotatable bonds is 5. The standard InChI is InChI=1S/C18H28N2/c1-13(2)16-8-9-20(12-16)18-7-4-15(10-14(18)3)11-19-17-5-6-17/h4,7,10,13,16-17,19H,5-6,8-9,11-12H2,1-3H3. The number of aryl methyl sites for hydroxylation is 1. The Bertz CT molecular complexity index is 462. The minimum Gasteiger partial charge on any atom is -0.371 e. The Hall–Kier alpha value is -1.02. The largest absolute Gasteiger partial charge is 0.371 e. The van der Waals surface area contributed by atoms with Gasteiger partial charge in [0.05, 0.1) is 0 Å². The summed E-state index contributed by atoms with van der Waals surface area (Å²) in [5, 5.41) is 3.60. The van der Waals surface area contributed by atoms with Gasteiger partial charge in [0.25, 0.3) is 0 Å². The Balaban J connectivity index is 1.64. The minimum absolute atomic E-state index is 0.792. The highest BCUT2D eigenvalue weighted by molar-refractivity contribution is 5.55. The van der Waals surface area contributed by atoms with Crippen LogP contribution in [0.4, 0.5) is 5.69 Å². The summed E-state index contributed by atoms with van der Waals surface area (Å²) < 4.78 is 0. The molecule has 1 aromatic carbocycles. The van der Waals surface area contributed by atoms with Crippen molar-refractivity contribution in [2.24, 2.45) is 11.8 Å².